The first-order valence-electron chi connectivity index (χ1n) is 7.28. The van der Waals surface area contributed by atoms with Gasteiger partial charge in [-0.3, -0.25) is 0 Å². The van der Waals surface area contributed by atoms with Gasteiger partial charge in [0.2, 0.25) is 0 Å². The van der Waals surface area contributed by atoms with Crippen molar-refractivity contribution < 1.29 is 18.9 Å². The van der Waals surface area contributed by atoms with E-state index in [1.807, 2.05) is 26.0 Å². The Bertz CT molecular complexity index is 396. The standard InChI is InChI=1S/C16H27NO4/c1-13-4-5-16(15(12-13)14(2)17)21-11-10-20-9-8-19-7-6-18-3/h4-5,12,14H,6-11,17H2,1-3H3/t14-/m0/s1. The molecule has 0 unspecified atom stereocenters. The summed E-state index contributed by atoms with van der Waals surface area (Å²) in [6, 6.07) is 5.99. The number of hydrogen-bond acceptors (Lipinski definition) is 5. The van der Waals surface area contributed by atoms with Crippen molar-refractivity contribution in [1.29, 1.82) is 0 Å². The summed E-state index contributed by atoms with van der Waals surface area (Å²) in [6.45, 7) is 7.35. The molecule has 0 radical (unpaired) electrons. The van der Waals surface area contributed by atoms with Crippen LogP contribution in [0.25, 0.3) is 0 Å². The lowest BCUT2D eigenvalue weighted by Crippen LogP contribution is -2.14. The normalized spacial score (nSPS) is 12.4. The summed E-state index contributed by atoms with van der Waals surface area (Å²) >= 11 is 0. The maximum Gasteiger partial charge on any atom is 0.124 e. The van der Waals surface area contributed by atoms with E-state index in [1.165, 1.54) is 5.56 Å². The van der Waals surface area contributed by atoms with Gasteiger partial charge in [0.05, 0.1) is 33.0 Å². The topological polar surface area (TPSA) is 62.9 Å². The summed E-state index contributed by atoms with van der Waals surface area (Å²) in [7, 11) is 1.65. The summed E-state index contributed by atoms with van der Waals surface area (Å²) in [5.41, 5.74) is 8.16. The van der Waals surface area contributed by atoms with Gasteiger partial charge in [-0.2, -0.15) is 0 Å². The van der Waals surface area contributed by atoms with Gasteiger partial charge in [-0.15, -0.1) is 0 Å². The van der Waals surface area contributed by atoms with Crippen molar-refractivity contribution in [2.75, 3.05) is 46.8 Å². The molecular weight excluding hydrogens is 270 g/mol. The third-order valence-electron chi connectivity index (χ3n) is 2.94. The van der Waals surface area contributed by atoms with Crippen LogP contribution in [-0.4, -0.2) is 46.8 Å². The molecule has 0 saturated heterocycles. The first-order valence-corrected chi connectivity index (χ1v) is 7.28. The molecule has 120 valence electrons. The summed E-state index contributed by atoms with van der Waals surface area (Å²) < 4.78 is 21.3. The molecule has 2 N–H and O–H groups in total. The van der Waals surface area contributed by atoms with Gasteiger partial charge in [-0.25, -0.2) is 0 Å². The number of hydrogen-bond donors (Lipinski definition) is 1. The fourth-order valence-electron chi connectivity index (χ4n) is 1.83. The van der Waals surface area contributed by atoms with E-state index in [9.17, 15) is 0 Å². The van der Waals surface area contributed by atoms with E-state index < -0.39 is 0 Å². The Kier molecular flexibility index (Phi) is 9.01. The molecule has 0 amide bonds. The molecule has 1 aromatic rings. The number of rotatable bonds is 11. The van der Waals surface area contributed by atoms with E-state index in [2.05, 4.69) is 6.07 Å². The van der Waals surface area contributed by atoms with Crippen molar-refractivity contribution in [1.82, 2.24) is 0 Å². The summed E-state index contributed by atoms with van der Waals surface area (Å²) in [6.07, 6.45) is 0. The zero-order chi connectivity index (χ0) is 15.5. The van der Waals surface area contributed by atoms with Gasteiger partial charge >= 0.3 is 0 Å². The van der Waals surface area contributed by atoms with Crippen LogP contribution in [0.4, 0.5) is 0 Å². The zero-order valence-electron chi connectivity index (χ0n) is 13.3. The number of aryl methyl sites for hydroxylation is 1. The molecule has 0 spiro atoms. The average Bonchev–Trinajstić information content (AvgIpc) is 2.46. The van der Waals surface area contributed by atoms with Crippen LogP contribution >= 0.6 is 0 Å². The second kappa shape index (κ2) is 10.6. The molecule has 5 nitrogen and oxygen atoms in total. The van der Waals surface area contributed by atoms with Crippen molar-refractivity contribution in [2.45, 2.75) is 19.9 Å². The highest BCUT2D eigenvalue weighted by atomic mass is 16.6. The van der Waals surface area contributed by atoms with E-state index >= 15 is 0 Å². The Morgan fingerprint density at radius 1 is 1.00 bits per heavy atom. The lowest BCUT2D eigenvalue weighted by Gasteiger charge is -2.15. The van der Waals surface area contributed by atoms with Crippen molar-refractivity contribution in [3.8, 4) is 5.75 Å². The first kappa shape index (κ1) is 17.9. The molecule has 0 aromatic heterocycles. The Morgan fingerprint density at radius 2 is 1.62 bits per heavy atom. The molecule has 0 aliphatic heterocycles. The molecular formula is C16H27NO4. The van der Waals surface area contributed by atoms with E-state index in [0.29, 0.717) is 39.6 Å². The molecule has 0 heterocycles. The summed E-state index contributed by atoms with van der Waals surface area (Å²) in [4.78, 5) is 0. The highest BCUT2D eigenvalue weighted by Crippen LogP contribution is 2.24. The number of benzene rings is 1. The summed E-state index contributed by atoms with van der Waals surface area (Å²) in [5, 5.41) is 0. The lowest BCUT2D eigenvalue weighted by molar-refractivity contribution is 0.0179. The van der Waals surface area contributed by atoms with Gasteiger partial charge in [0.25, 0.3) is 0 Å². The first-order chi connectivity index (χ1) is 10.1. The third-order valence-corrected chi connectivity index (χ3v) is 2.94. The van der Waals surface area contributed by atoms with Crippen molar-refractivity contribution in [3.63, 3.8) is 0 Å². The van der Waals surface area contributed by atoms with Crippen LogP contribution in [0, 0.1) is 6.92 Å². The van der Waals surface area contributed by atoms with Gasteiger partial charge in [0.15, 0.2) is 0 Å². The van der Waals surface area contributed by atoms with E-state index in [0.717, 1.165) is 11.3 Å². The van der Waals surface area contributed by atoms with Crippen molar-refractivity contribution in [2.24, 2.45) is 5.73 Å². The van der Waals surface area contributed by atoms with E-state index in [1.54, 1.807) is 7.11 Å². The minimum absolute atomic E-state index is 0.0463. The Balaban J connectivity index is 2.18. The maximum absolute atomic E-state index is 5.96. The number of methoxy groups -OCH3 is 1. The molecule has 1 aromatic carbocycles. The third kappa shape index (κ3) is 7.43. The average molecular weight is 297 g/mol. The molecule has 0 aliphatic carbocycles. The van der Waals surface area contributed by atoms with Gasteiger partial charge in [0.1, 0.15) is 12.4 Å². The molecule has 1 rings (SSSR count). The lowest BCUT2D eigenvalue weighted by atomic mass is 10.1. The van der Waals surface area contributed by atoms with Crippen LogP contribution in [-0.2, 0) is 14.2 Å². The number of nitrogens with two attached hydrogens (primary N) is 1. The molecule has 0 bridgehead atoms. The fourth-order valence-corrected chi connectivity index (χ4v) is 1.83. The van der Waals surface area contributed by atoms with Crippen molar-refractivity contribution >= 4 is 0 Å². The minimum atomic E-state index is -0.0463. The maximum atomic E-state index is 5.96. The van der Waals surface area contributed by atoms with Crippen LogP contribution in [0.15, 0.2) is 18.2 Å². The van der Waals surface area contributed by atoms with Gasteiger partial charge in [-0.1, -0.05) is 17.7 Å². The van der Waals surface area contributed by atoms with Crippen molar-refractivity contribution in [3.05, 3.63) is 29.3 Å². The Hall–Kier alpha value is -1.14. The van der Waals surface area contributed by atoms with Gasteiger partial charge in [0, 0.05) is 18.7 Å². The van der Waals surface area contributed by atoms with E-state index in [4.69, 9.17) is 24.7 Å². The summed E-state index contributed by atoms with van der Waals surface area (Å²) in [5.74, 6) is 0.829. The van der Waals surface area contributed by atoms with Crippen LogP contribution in [0.5, 0.6) is 5.75 Å². The SMILES string of the molecule is COCCOCCOCCOc1ccc(C)cc1[C@H](C)N. The second-order valence-electron chi connectivity index (χ2n) is 4.90. The Morgan fingerprint density at radius 3 is 2.24 bits per heavy atom. The van der Waals surface area contributed by atoms with Gasteiger partial charge < -0.3 is 24.7 Å². The second-order valence-corrected chi connectivity index (χ2v) is 4.90. The monoisotopic (exact) mass is 297 g/mol. The number of ether oxygens (including phenoxy) is 4. The van der Waals surface area contributed by atoms with Crippen LogP contribution < -0.4 is 10.5 Å². The Labute approximate surface area is 127 Å². The zero-order valence-corrected chi connectivity index (χ0v) is 13.3. The molecule has 0 saturated carbocycles. The molecule has 5 heteroatoms. The highest BCUT2D eigenvalue weighted by Gasteiger charge is 2.08. The molecule has 0 aliphatic rings. The quantitative estimate of drug-likeness (QED) is 0.634. The van der Waals surface area contributed by atoms with Crippen LogP contribution in [0.2, 0.25) is 0 Å². The predicted octanol–water partition coefficient (Wildman–Crippen LogP) is 2.07. The smallest absolute Gasteiger partial charge is 0.124 e. The van der Waals surface area contributed by atoms with Gasteiger partial charge in [-0.05, 0) is 19.9 Å². The minimum Gasteiger partial charge on any atom is -0.491 e. The van der Waals surface area contributed by atoms with E-state index in [-0.39, 0.29) is 6.04 Å². The fraction of sp³-hybridized carbons (Fsp3) is 0.625. The predicted molar refractivity (Wildman–Crippen MR) is 82.8 cm³/mol. The molecule has 21 heavy (non-hydrogen) atoms. The molecule has 1 atom stereocenters. The van der Waals surface area contributed by atoms with Crippen LogP contribution in [0.3, 0.4) is 0 Å². The van der Waals surface area contributed by atoms with Crippen LogP contribution in [0.1, 0.15) is 24.1 Å². The highest BCUT2D eigenvalue weighted by molar-refractivity contribution is 5.38. The molecule has 0 fully saturated rings. The largest absolute Gasteiger partial charge is 0.491 e.